The van der Waals surface area contributed by atoms with Crippen molar-refractivity contribution in [1.82, 2.24) is 4.98 Å². The average Bonchev–Trinajstić information content (AvgIpc) is 2.53. The fourth-order valence-corrected chi connectivity index (χ4v) is 2.54. The Morgan fingerprint density at radius 2 is 2.20 bits per heavy atom. The van der Waals surface area contributed by atoms with Gasteiger partial charge in [0.15, 0.2) is 0 Å². The zero-order chi connectivity index (χ0) is 13.8. The Labute approximate surface area is 118 Å². The Morgan fingerprint density at radius 1 is 1.30 bits per heavy atom. The van der Waals surface area contributed by atoms with Crippen LogP contribution in [0.15, 0.2) is 30.3 Å². The second-order valence-electron chi connectivity index (χ2n) is 5.13. The molecule has 106 valence electrons. The van der Waals surface area contributed by atoms with Gasteiger partial charge < -0.3 is 15.2 Å². The first kappa shape index (κ1) is 13.3. The summed E-state index contributed by atoms with van der Waals surface area (Å²) >= 11 is 0. The predicted molar refractivity (Wildman–Crippen MR) is 78.7 cm³/mol. The Kier molecular flexibility index (Phi) is 4.14. The molecule has 1 aliphatic rings. The van der Waals surface area contributed by atoms with Crippen molar-refractivity contribution in [2.75, 3.05) is 13.2 Å². The van der Waals surface area contributed by atoms with Crippen molar-refractivity contribution < 1.29 is 9.47 Å². The first-order valence-electron chi connectivity index (χ1n) is 7.20. The van der Waals surface area contributed by atoms with Gasteiger partial charge in [0.25, 0.3) is 0 Å². The minimum Gasteiger partial charge on any atom is -0.490 e. The molecule has 1 aromatic heterocycles. The lowest BCUT2D eigenvalue weighted by Crippen LogP contribution is -2.25. The number of benzene rings is 1. The highest BCUT2D eigenvalue weighted by molar-refractivity contribution is 5.85. The molecule has 4 nitrogen and oxygen atoms in total. The maximum Gasteiger partial charge on any atom is 0.130 e. The Balaban J connectivity index is 1.81. The maximum atomic E-state index is 5.98. The van der Waals surface area contributed by atoms with Gasteiger partial charge in [-0.1, -0.05) is 12.1 Å². The third-order valence-electron chi connectivity index (χ3n) is 3.64. The van der Waals surface area contributed by atoms with Crippen molar-refractivity contribution in [3.05, 3.63) is 36.0 Å². The van der Waals surface area contributed by atoms with Crippen molar-refractivity contribution in [2.45, 2.75) is 31.9 Å². The molecule has 1 fully saturated rings. The van der Waals surface area contributed by atoms with E-state index in [-0.39, 0.29) is 6.10 Å². The molecule has 0 aliphatic carbocycles. The summed E-state index contributed by atoms with van der Waals surface area (Å²) in [5, 5.41) is 1.03. The van der Waals surface area contributed by atoms with Crippen LogP contribution in [-0.4, -0.2) is 24.3 Å². The molecular weight excluding hydrogens is 252 g/mol. The number of para-hydroxylation sites is 1. The second kappa shape index (κ2) is 6.20. The van der Waals surface area contributed by atoms with E-state index >= 15 is 0 Å². The molecular formula is C16H20N2O2. The highest BCUT2D eigenvalue weighted by Gasteiger charge is 2.15. The number of fused-ring (bicyclic) bond motifs is 1. The number of ether oxygens (including phenoxy) is 2. The van der Waals surface area contributed by atoms with Gasteiger partial charge >= 0.3 is 0 Å². The maximum absolute atomic E-state index is 5.98. The van der Waals surface area contributed by atoms with E-state index in [2.05, 4.69) is 4.98 Å². The number of hydrogen-bond donors (Lipinski definition) is 1. The Morgan fingerprint density at radius 3 is 3.00 bits per heavy atom. The summed E-state index contributed by atoms with van der Waals surface area (Å²) in [5.41, 5.74) is 7.48. The lowest BCUT2D eigenvalue weighted by molar-refractivity contribution is -0.0107. The van der Waals surface area contributed by atoms with Crippen molar-refractivity contribution in [1.29, 1.82) is 0 Å². The zero-order valence-electron chi connectivity index (χ0n) is 11.5. The lowest BCUT2D eigenvalue weighted by atomic mass is 10.1. The van der Waals surface area contributed by atoms with E-state index in [0.717, 1.165) is 41.8 Å². The summed E-state index contributed by atoms with van der Waals surface area (Å²) in [6, 6.07) is 9.92. The molecule has 0 amide bonds. The normalized spacial score (nSPS) is 19.1. The Bertz CT molecular complexity index is 580. The van der Waals surface area contributed by atoms with Crippen LogP contribution in [-0.2, 0) is 11.3 Å². The third-order valence-corrected chi connectivity index (χ3v) is 3.64. The van der Waals surface area contributed by atoms with Gasteiger partial charge in [-0.2, -0.15) is 0 Å². The number of hydrogen-bond acceptors (Lipinski definition) is 4. The first-order chi connectivity index (χ1) is 9.86. The zero-order valence-corrected chi connectivity index (χ0v) is 11.5. The van der Waals surface area contributed by atoms with Crippen molar-refractivity contribution in [3.63, 3.8) is 0 Å². The van der Waals surface area contributed by atoms with Crippen LogP contribution in [0, 0.1) is 0 Å². The number of rotatable bonds is 4. The van der Waals surface area contributed by atoms with Crippen LogP contribution in [0.4, 0.5) is 0 Å². The third kappa shape index (κ3) is 2.92. The van der Waals surface area contributed by atoms with Crippen LogP contribution in [0.5, 0.6) is 5.75 Å². The average molecular weight is 272 g/mol. The molecule has 1 saturated heterocycles. The summed E-state index contributed by atoms with van der Waals surface area (Å²) in [7, 11) is 0. The van der Waals surface area contributed by atoms with Crippen LogP contribution in [0.2, 0.25) is 0 Å². The molecule has 3 rings (SSSR count). The first-order valence-corrected chi connectivity index (χ1v) is 7.20. The van der Waals surface area contributed by atoms with Gasteiger partial charge in [-0.15, -0.1) is 0 Å². The smallest absolute Gasteiger partial charge is 0.130 e. The molecule has 2 N–H and O–H groups in total. The fraction of sp³-hybridized carbons (Fsp3) is 0.438. The summed E-state index contributed by atoms with van der Waals surface area (Å²) in [4.78, 5) is 4.51. The van der Waals surface area contributed by atoms with Gasteiger partial charge in [0.1, 0.15) is 12.4 Å². The number of nitrogens with two attached hydrogens (primary N) is 1. The number of pyridine rings is 1. The standard InChI is InChI=1S/C16H20N2O2/c17-10-12-9-16(14-6-1-2-7-15(14)18-12)20-11-13-5-3-4-8-19-13/h1-2,6-7,9,13H,3-5,8,10-11,17H2. The molecule has 0 spiro atoms. The van der Waals surface area contributed by atoms with Crippen molar-refractivity contribution in [2.24, 2.45) is 5.73 Å². The van der Waals surface area contributed by atoms with Crippen LogP contribution in [0.3, 0.4) is 0 Å². The van der Waals surface area contributed by atoms with E-state index in [1.807, 2.05) is 30.3 Å². The fourth-order valence-electron chi connectivity index (χ4n) is 2.54. The van der Waals surface area contributed by atoms with Crippen molar-refractivity contribution in [3.8, 4) is 5.75 Å². The number of aromatic nitrogens is 1. The quantitative estimate of drug-likeness (QED) is 0.929. The summed E-state index contributed by atoms with van der Waals surface area (Å²) in [5.74, 6) is 0.852. The van der Waals surface area contributed by atoms with E-state index in [1.54, 1.807) is 0 Å². The lowest BCUT2D eigenvalue weighted by Gasteiger charge is -2.23. The molecule has 2 aromatic rings. The molecule has 1 aliphatic heterocycles. The second-order valence-corrected chi connectivity index (χ2v) is 5.13. The molecule has 0 bridgehead atoms. The van der Waals surface area contributed by atoms with E-state index in [9.17, 15) is 0 Å². The van der Waals surface area contributed by atoms with Crippen LogP contribution in [0.1, 0.15) is 25.0 Å². The predicted octanol–water partition coefficient (Wildman–Crippen LogP) is 2.64. The van der Waals surface area contributed by atoms with Crippen LogP contribution in [0.25, 0.3) is 10.9 Å². The highest BCUT2D eigenvalue weighted by atomic mass is 16.5. The summed E-state index contributed by atoms with van der Waals surface area (Å²) in [6.45, 7) is 1.86. The van der Waals surface area contributed by atoms with Gasteiger partial charge in [-0.3, -0.25) is 4.98 Å². The Hall–Kier alpha value is -1.65. The summed E-state index contributed by atoms with van der Waals surface area (Å²) < 4.78 is 11.7. The monoisotopic (exact) mass is 272 g/mol. The van der Waals surface area contributed by atoms with E-state index in [4.69, 9.17) is 15.2 Å². The minimum atomic E-state index is 0.206. The van der Waals surface area contributed by atoms with Crippen molar-refractivity contribution >= 4 is 10.9 Å². The molecule has 2 heterocycles. The molecule has 0 radical (unpaired) electrons. The topological polar surface area (TPSA) is 57.4 Å². The number of nitrogens with zero attached hydrogens (tertiary/aromatic N) is 1. The SMILES string of the molecule is NCc1cc(OCC2CCCCO2)c2ccccc2n1. The van der Waals surface area contributed by atoms with Gasteiger partial charge in [0.05, 0.1) is 17.3 Å². The molecule has 1 atom stereocenters. The van der Waals surface area contributed by atoms with E-state index in [0.29, 0.717) is 13.2 Å². The van der Waals surface area contributed by atoms with Gasteiger partial charge in [0, 0.05) is 24.6 Å². The van der Waals surface area contributed by atoms with Gasteiger partial charge in [-0.05, 0) is 31.4 Å². The van der Waals surface area contributed by atoms with E-state index in [1.165, 1.54) is 6.42 Å². The molecule has 0 saturated carbocycles. The molecule has 1 aromatic carbocycles. The van der Waals surface area contributed by atoms with Crippen LogP contribution < -0.4 is 10.5 Å². The van der Waals surface area contributed by atoms with E-state index < -0.39 is 0 Å². The van der Waals surface area contributed by atoms with Gasteiger partial charge in [-0.25, -0.2) is 0 Å². The molecule has 1 unspecified atom stereocenters. The highest BCUT2D eigenvalue weighted by Crippen LogP contribution is 2.26. The molecule has 4 heteroatoms. The summed E-state index contributed by atoms with van der Waals surface area (Å²) in [6.07, 6.45) is 3.66. The van der Waals surface area contributed by atoms with Gasteiger partial charge in [0.2, 0.25) is 0 Å². The molecule has 20 heavy (non-hydrogen) atoms. The van der Waals surface area contributed by atoms with Crippen LogP contribution >= 0.6 is 0 Å². The minimum absolute atomic E-state index is 0.206. The largest absolute Gasteiger partial charge is 0.490 e.